The Morgan fingerprint density at radius 3 is 2.60 bits per heavy atom. The summed E-state index contributed by atoms with van der Waals surface area (Å²) in [6.07, 6.45) is 8.67. The van der Waals surface area contributed by atoms with Crippen molar-refractivity contribution in [3.8, 4) is 22.5 Å². The van der Waals surface area contributed by atoms with Crippen LogP contribution < -0.4 is 10.6 Å². The Kier molecular flexibility index (Phi) is 5.71. The van der Waals surface area contributed by atoms with E-state index < -0.39 is 0 Å². The molecule has 0 aliphatic heterocycles. The van der Waals surface area contributed by atoms with E-state index in [1.165, 1.54) is 0 Å². The van der Waals surface area contributed by atoms with Crippen molar-refractivity contribution in [1.82, 2.24) is 24.7 Å². The normalized spacial score (nSPS) is 13.1. The van der Waals surface area contributed by atoms with Crippen LogP contribution in [0.4, 0.5) is 5.82 Å². The number of anilines is 1. The average molecular weight is 481 g/mol. The molecule has 3 aromatic heterocycles. The van der Waals surface area contributed by atoms with Crippen molar-refractivity contribution in [3.63, 3.8) is 0 Å². The van der Waals surface area contributed by atoms with Crippen LogP contribution in [0.2, 0.25) is 0 Å². The number of aromatic nitrogens is 4. The van der Waals surface area contributed by atoms with Crippen molar-refractivity contribution < 1.29 is 4.79 Å². The monoisotopic (exact) mass is 480 g/mol. The fraction of sp³-hybridized carbons (Fsp3) is 0.185. The molecular weight excluding hydrogens is 456 g/mol. The Bertz CT molecular complexity index is 1460. The zero-order valence-corrected chi connectivity index (χ0v) is 19.8. The highest BCUT2D eigenvalue weighted by Crippen LogP contribution is 2.28. The van der Waals surface area contributed by atoms with Crippen LogP contribution in [0.1, 0.15) is 28.2 Å². The SMILES string of the molecule is O=C(NC1CC1)c1ccc(-c2cnc3c(NCCc4nccs4)nc(-c4ccccc4)cn23)cc1. The molecule has 0 unspecified atom stereocenters. The molecule has 0 radical (unpaired) electrons. The lowest BCUT2D eigenvalue weighted by Crippen LogP contribution is -2.25. The predicted molar refractivity (Wildman–Crippen MR) is 139 cm³/mol. The number of amides is 1. The average Bonchev–Trinajstić information content (AvgIpc) is 3.37. The predicted octanol–water partition coefficient (Wildman–Crippen LogP) is 5.07. The van der Waals surface area contributed by atoms with Crippen molar-refractivity contribution in [3.05, 3.63) is 89.1 Å². The summed E-state index contributed by atoms with van der Waals surface area (Å²) in [6.45, 7) is 0.710. The van der Waals surface area contributed by atoms with Gasteiger partial charge in [0, 0.05) is 53.5 Å². The zero-order chi connectivity index (χ0) is 23.6. The zero-order valence-electron chi connectivity index (χ0n) is 19.0. The van der Waals surface area contributed by atoms with Crippen LogP contribution in [0.15, 0.2) is 78.6 Å². The van der Waals surface area contributed by atoms with Crippen molar-refractivity contribution in [2.75, 3.05) is 11.9 Å². The van der Waals surface area contributed by atoms with Gasteiger partial charge in [-0.15, -0.1) is 11.3 Å². The molecule has 7 nitrogen and oxygen atoms in total. The molecule has 0 atom stereocenters. The second kappa shape index (κ2) is 9.31. The Morgan fingerprint density at radius 1 is 1.03 bits per heavy atom. The molecule has 1 fully saturated rings. The largest absolute Gasteiger partial charge is 0.367 e. The Balaban J connectivity index is 1.34. The first kappa shape index (κ1) is 21.5. The lowest BCUT2D eigenvalue weighted by molar-refractivity contribution is 0.0951. The lowest BCUT2D eigenvalue weighted by atomic mass is 10.1. The summed E-state index contributed by atoms with van der Waals surface area (Å²) in [6, 6.07) is 18.2. The molecule has 1 aliphatic rings. The molecule has 6 rings (SSSR count). The van der Waals surface area contributed by atoms with E-state index in [-0.39, 0.29) is 5.91 Å². The Morgan fingerprint density at radius 2 is 1.86 bits per heavy atom. The molecule has 0 spiro atoms. The standard InChI is InChI=1S/C27H24N6OS/c34-27(31-21-10-11-21)20-8-6-19(7-9-20)23-16-30-26-25(29-13-12-24-28-14-15-35-24)32-22(17-33(23)26)18-4-2-1-3-5-18/h1-9,14-17,21H,10-13H2,(H,29,32)(H,31,34). The van der Waals surface area contributed by atoms with Crippen LogP contribution in [0, 0.1) is 0 Å². The summed E-state index contributed by atoms with van der Waals surface area (Å²) in [4.78, 5) is 26.4. The Labute approximate surface area is 206 Å². The smallest absolute Gasteiger partial charge is 0.251 e. The van der Waals surface area contributed by atoms with Crippen molar-refractivity contribution >= 4 is 28.7 Å². The van der Waals surface area contributed by atoms with Gasteiger partial charge >= 0.3 is 0 Å². The van der Waals surface area contributed by atoms with E-state index in [9.17, 15) is 4.79 Å². The van der Waals surface area contributed by atoms with Gasteiger partial charge in [0.1, 0.15) is 0 Å². The number of benzene rings is 2. The number of thiazole rings is 1. The van der Waals surface area contributed by atoms with Gasteiger partial charge < -0.3 is 10.6 Å². The first-order valence-electron chi connectivity index (χ1n) is 11.7. The molecule has 2 N–H and O–H groups in total. The molecular formula is C27H24N6OS. The number of hydrogen-bond donors (Lipinski definition) is 2. The number of nitrogens with zero attached hydrogens (tertiary/aromatic N) is 4. The maximum atomic E-state index is 12.4. The van der Waals surface area contributed by atoms with Crippen LogP contribution in [-0.4, -0.2) is 37.8 Å². The molecule has 35 heavy (non-hydrogen) atoms. The number of carbonyl (C=O) groups excluding carboxylic acids is 1. The molecule has 1 aliphatic carbocycles. The minimum atomic E-state index is -0.0144. The maximum absolute atomic E-state index is 12.4. The van der Waals surface area contributed by atoms with Gasteiger partial charge in [0.15, 0.2) is 11.5 Å². The Hall–Kier alpha value is -4.04. The number of nitrogens with one attached hydrogen (secondary N) is 2. The van der Waals surface area contributed by atoms with Crippen LogP contribution in [0.5, 0.6) is 0 Å². The summed E-state index contributed by atoms with van der Waals surface area (Å²) in [7, 11) is 0. The first-order valence-corrected chi connectivity index (χ1v) is 12.6. The van der Waals surface area contributed by atoms with Gasteiger partial charge in [-0.2, -0.15) is 0 Å². The molecule has 3 heterocycles. The highest BCUT2D eigenvalue weighted by molar-refractivity contribution is 7.09. The molecule has 5 aromatic rings. The minimum absolute atomic E-state index is 0.0144. The van der Waals surface area contributed by atoms with E-state index >= 15 is 0 Å². The van der Waals surface area contributed by atoms with Crippen molar-refractivity contribution in [2.24, 2.45) is 0 Å². The fourth-order valence-corrected chi connectivity index (χ4v) is 4.64. The third kappa shape index (κ3) is 4.65. The summed E-state index contributed by atoms with van der Waals surface area (Å²) >= 11 is 1.65. The summed E-state index contributed by atoms with van der Waals surface area (Å²) < 4.78 is 2.07. The minimum Gasteiger partial charge on any atom is -0.367 e. The number of rotatable bonds is 8. The second-order valence-electron chi connectivity index (χ2n) is 8.61. The third-order valence-corrected chi connectivity index (χ3v) is 6.87. The molecule has 2 aromatic carbocycles. The van der Waals surface area contributed by atoms with Crippen LogP contribution >= 0.6 is 11.3 Å². The van der Waals surface area contributed by atoms with Crippen LogP contribution in [-0.2, 0) is 6.42 Å². The highest BCUT2D eigenvalue weighted by atomic mass is 32.1. The number of hydrogen-bond acceptors (Lipinski definition) is 6. The third-order valence-electron chi connectivity index (χ3n) is 6.03. The van der Waals surface area contributed by atoms with E-state index in [4.69, 9.17) is 9.97 Å². The molecule has 1 saturated carbocycles. The molecule has 8 heteroatoms. The maximum Gasteiger partial charge on any atom is 0.251 e. The summed E-state index contributed by atoms with van der Waals surface area (Å²) in [5.74, 6) is 0.717. The van der Waals surface area contributed by atoms with E-state index in [0.29, 0.717) is 18.2 Å². The first-order chi connectivity index (χ1) is 17.2. The molecule has 0 bridgehead atoms. The molecule has 0 saturated heterocycles. The number of carbonyl (C=O) groups is 1. The van der Waals surface area contributed by atoms with E-state index in [2.05, 4.69) is 32.2 Å². The van der Waals surface area contributed by atoms with E-state index in [1.54, 1.807) is 11.3 Å². The van der Waals surface area contributed by atoms with Crippen LogP contribution in [0.3, 0.4) is 0 Å². The van der Waals surface area contributed by atoms with Gasteiger partial charge in [0.05, 0.1) is 22.6 Å². The van der Waals surface area contributed by atoms with Gasteiger partial charge in [-0.05, 0) is 25.0 Å². The topological polar surface area (TPSA) is 84.2 Å². The van der Waals surface area contributed by atoms with Gasteiger partial charge in [0.2, 0.25) is 0 Å². The number of fused-ring (bicyclic) bond motifs is 1. The fourth-order valence-electron chi connectivity index (χ4n) is 4.02. The highest BCUT2D eigenvalue weighted by Gasteiger charge is 2.23. The lowest BCUT2D eigenvalue weighted by Gasteiger charge is -2.11. The second-order valence-corrected chi connectivity index (χ2v) is 9.58. The number of imidazole rings is 1. The van der Waals surface area contributed by atoms with Gasteiger partial charge in [-0.25, -0.2) is 15.0 Å². The van der Waals surface area contributed by atoms with Gasteiger partial charge in [-0.1, -0.05) is 42.5 Å². The van der Waals surface area contributed by atoms with Crippen molar-refractivity contribution in [2.45, 2.75) is 25.3 Å². The molecule has 174 valence electrons. The molecule has 1 amide bonds. The van der Waals surface area contributed by atoms with Gasteiger partial charge in [-0.3, -0.25) is 9.20 Å². The van der Waals surface area contributed by atoms with Gasteiger partial charge in [0.25, 0.3) is 5.91 Å². The van der Waals surface area contributed by atoms with E-state index in [0.717, 1.165) is 58.2 Å². The van der Waals surface area contributed by atoms with Crippen molar-refractivity contribution in [1.29, 1.82) is 0 Å². The summed E-state index contributed by atoms with van der Waals surface area (Å²) in [5, 5.41) is 9.58. The quantitative estimate of drug-likeness (QED) is 0.324. The van der Waals surface area contributed by atoms with Crippen LogP contribution in [0.25, 0.3) is 28.2 Å². The van der Waals surface area contributed by atoms with E-state index in [1.807, 2.05) is 66.4 Å². The summed E-state index contributed by atoms with van der Waals surface area (Å²) in [5.41, 5.74) is 5.25.